The highest BCUT2D eigenvalue weighted by atomic mass is 35.5. The van der Waals surface area contributed by atoms with E-state index in [0.717, 1.165) is 5.56 Å². The Kier molecular flexibility index (Phi) is 5.85. The van der Waals surface area contributed by atoms with Crippen LogP contribution in [0.3, 0.4) is 0 Å². The second-order valence-electron chi connectivity index (χ2n) is 6.13. The molecule has 6 heteroatoms. The number of esters is 1. The highest BCUT2D eigenvalue weighted by Crippen LogP contribution is 2.36. The van der Waals surface area contributed by atoms with Crippen molar-refractivity contribution in [1.29, 1.82) is 0 Å². The number of hydrogen-bond acceptors (Lipinski definition) is 4. The summed E-state index contributed by atoms with van der Waals surface area (Å²) in [7, 11) is 1.30. The van der Waals surface area contributed by atoms with Crippen molar-refractivity contribution in [2.75, 3.05) is 18.6 Å². The normalized spacial score (nSPS) is 15.4. The van der Waals surface area contributed by atoms with Gasteiger partial charge in [0.05, 0.1) is 24.9 Å². The molecule has 0 radical (unpaired) electrons. The lowest BCUT2D eigenvalue weighted by Crippen LogP contribution is -2.24. The Balaban J connectivity index is 2.05. The van der Waals surface area contributed by atoms with E-state index in [4.69, 9.17) is 21.1 Å². The van der Waals surface area contributed by atoms with Crippen LogP contribution in [0.5, 0.6) is 5.75 Å². The fraction of sp³-hybridized carbons (Fsp3) is 0.182. The van der Waals surface area contributed by atoms with Crippen LogP contribution in [0.4, 0.5) is 5.69 Å². The lowest BCUT2D eigenvalue weighted by molar-refractivity contribution is -0.136. The minimum absolute atomic E-state index is 0.247. The van der Waals surface area contributed by atoms with Gasteiger partial charge in [-0.25, -0.2) is 4.79 Å². The number of methoxy groups -OCH3 is 1. The van der Waals surface area contributed by atoms with Crippen LogP contribution in [0, 0.1) is 0 Å². The van der Waals surface area contributed by atoms with Gasteiger partial charge in [-0.2, -0.15) is 0 Å². The van der Waals surface area contributed by atoms with Gasteiger partial charge in [-0.15, -0.1) is 0 Å². The van der Waals surface area contributed by atoms with E-state index < -0.39 is 5.97 Å². The number of rotatable bonds is 5. The molecule has 0 bridgehead atoms. The molecule has 3 rings (SSSR count). The van der Waals surface area contributed by atoms with E-state index in [2.05, 4.69) is 0 Å². The maximum absolute atomic E-state index is 13.2. The number of allylic oxidation sites excluding steroid dienone is 1. The average Bonchev–Trinajstić information content (AvgIpc) is 2.94. The van der Waals surface area contributed by atoms with E-state index in [1.807, 2.05) is 6.92 Å². The van der Waals surface area contributed by atoms with Crippen molar-refractivity contribution in [2.24, 2.45) is 0 Å². The summed E-state index contributed by atoms with van der Waals surface area (Å²) in [5.41, 5.74) is 2.44. The van der Waals surface area contributed by atoms with Gasteiger partial charge in [0.15, 0.2) is 0 Å². The number of halogens is 1. The molecule has 144 valence electrons. The minimum atomic E-state index is -0.556. The Hall–Kier alpha value is -3.05. The maximum Gasteiger partial charge on any atom is 0.340 e. The SMILES string of the molecule is CCOc1ccc(N2C(=O)/C(=C\c3ccc(Cl)cc3)C(C(=O)OC)=C2C)cc1. The van der Waals surface area contributed by atoms with Gasteiger partial charge in [-0.3, -0.25) is 9.69 Å². The number of amides is 1. The van der Waals surface area contributed by atoms with Crippen LogP contribution in [0.1, 0.15) is 19.4 Å². The number of anilines is 1. The van der Waals surface area contributed by atoms with Gasteiger partial charge in [0, 0.05) is 16.4 Å². The van der Waals surface area contributed by atoms with Gasteiger partial charge in [-0.1, -0.05) is 23.7 Å². The van der Waals surface area contributed by atoms with E-state index in [-0.39, 0.29) is 17.1 Å². The standard InChI is InChI=1S/C22H20ClNO4/c1-4-28-18-11-9-17(10-12-18)24-14(2)20(22(26)27-3)19(21(24)25)13-15-5-7-16(23)8-6-15/h5-13H,4H2,1-3H3/b19-13-. The lowest BCUT2D eigenvalue weighted by Gasteiger charge is -2.18. The monoisotopic (exact) mass is 397 g/mol. The predicted molar refractivity (Wildman–Crippen MR) is 109 cm³/mol. The first kappa shape index (κ1) is 19.7. The van der Waals surface area contributed by atoms with Gasteiger partial charge >= 0.3 is 5.97 Å². The molecular weight excluding hydrogens is 378 g/mol. The van der Waals surface area contributed by atoms with Crippen LogP contribution in [0.15, 0.2) is 65.4 Å². The van der Waals surface area contributed by atoms with Gasteiger partial charge in [0.2, 0.25) is 0 Å². The van der Waals surface area contributed by atoms with Crippen LogP contribution in [-0.2, 0) is 14.3 Å². The van der Waals surface area contributed by atoms with Gasteiger partial charge in [-0.05, 0) is 61.9 Å². The smallest absolute Gasteiger partial charge is 0.340 e. The van der Waals surface area contributed by atoms with Crippen molar-refractivity contribution in [3.05, 3.63) is 76.0 Å². The fourth-order valence-electron chi connectivity index (χ4n) is 3.07. The van der Waals surface area contributed by atoms with Crippen molar-refractivity contribution in [3.63, 3.8) is 0 Å². The quantitative estimate of drug-likeness (QED) is 0.545. The molecule has 1 aliphatic heterocycles. The third kappa shape index (κ3) is 3.80. The Morgan fingerprint density at radius 1 is 1.11 bits per heavy atom. The topological polar surface area (TPSA) is 55.8 Å². The zero-order valence-electron chi connectivity index (χ0n) is 15.9. The summed E-state index contributed by atoms with van der Waals surface area (Å²) in [6.07, 6.45) is 1.67. The number of carbonyl (C=O) groups is 2. The molecule has 0 saturated heterocycles. The van der Waals surface area contributed by atoms with Crippen molar-refractivity contribution in [2.45, 2.75) is 13.8 Å². The molecule has 0 atom stereocenters. The largest absolute Gasteiger partial charge is 0.494 e. The Morgan fingerprint density at radius 3 is 2.32 bits per heavy atom. The summed E-state index contributed by atoms with van der Waals surface area (Å²) in [6.45, 7) is 4.19. The van der Waals surface area contributed by atoms with Crippen LogP contribution >= 0.6 is 11.6 Å². The molecule has 0 unspecified atom stereocenters. The molecule has 1 aliphatic rings. The summed E-state index contributed by atoms with van der Waals surface area (Å²) in [4.78, 5) is 27.1. The second-order valence-corrected chi connectivity index (χ2v) is 6.57. The van der Waals surface area contributed by atoms with Crippen molar-refractivity contribution in [1.82, 2.24) is 0 Å². The first-order valence-electron chi connectivity index (χ1n) is 8.80. The van der Waals surface area contributed by atoms with Gasteiger partial charge in [0.25, 0.3) is 5.91 Å². The molecule has 28 heavy (non-hydrogen) atoms. The van der Waals surface area contributed by atoms with Crippen molar-refractivity contribution in [3.8, 4) is 5.75 Å². The molecular formula is C22H20ClNO4. The highest BCUT2D eigenvalue weighted by Gasteiger charge is 2.37. The summed E-state index contributed by atoms with van der Waals surface area (Å²) in [6, 6.07) is 14.2. The fourth-order valence-corrected chi connectivity index (χ4v) is 3.20. The van der Waals surface area contributed by atoms with E-state index in [1.165, 1.54) is 12.0 Å². The molecule has 2 aromatic carbocycles. The Bertz CT molecular complexity index is 959. The van der Waals surface area contributed by atoms with Crippen LogP contribution in [0.25, 0.3) is 6.08 Å². The predicted octanol–water partition coefficient (Wildman–Crippen LogP) is 4.62. The van der Waals surface area contributed by atoms with Crippen molar-refractivity contribution < 1.29 is 19.1 Å². The molecule has 1 amide bonds. The maximum atomic E-state index is 13.2. The zero-order valence-corrected chi connectivity index (χ0v) is 16.6. The van der Waals surface area contributed by atoms with Crippen LogP contribution in [0.2, 0.25) is 5.02 Å². The average molecular weight is 398 g/mol. The van der Waals surface area contributed by atoms with Gasteiger partial charge in [0.1, 0.15) is 5.75 Å². The number of carbonyl (C=O) groups excluding carboxylic acids is 2. The van der Waals surface area contributed by atoms with Crippen LogP contribution in [-0.4, -0.2) is 25.6 Å². The van der Waals surface area contributed by atoms with E-state index in [1.54, 1.807) is 61.5 Å². The molecule has 5 nitrogen and oxygen atoms in total. The van der Waals surface area contributed by atoms with Gasteiger partial charge < -0.3 is 9.47 Å². The molecule has 0 spiro atoms. The summed E-state index contributed by atoms with van der Waals surface area (Å²) in [5, 5.41) is 0.593. The third-order valence-corrected chi connectivity index (χ3v) is 4.63. The van der Waals surface area contributed by atoms with E-state index >= 15 is 0 Å². The second kappa shape index (κ2) is 8.31. The van der Waals surface area contributed by atoms with Crippen LogP contribution < -0.4 is 9.64 Å². The number of hydrogen-bond donors (Lipinski definition) is 0. The first-order chi connectivity index (χ1) is 13.5. The number of nitrogens with zero attached hydrogens (tertiary/aromatic N) is 1. The third-order valence-electron chi connectivity index (χ3n) is 4.38. The molecule has 0 N–H and O–H groups in total. The molecule has 2 aromatic rings. The summed E-state index contributed by atoms with van der Waals surface area (Å²) < 4.78 is 10.4. The number of ether oxygens (including phenoxy) is 2. The molecule has 0 fully saturated rings. The highest BCUT2D eigenvalue weighted by molar-refractivity contribution is 6.30. The summed E-state index contributed by atoms with van der Waals surface area (Å²) in [5.74, 6) is -0.138. The minimum Gasteiger partial charge on any atom is -0.494 e. The zero-order chi connectivity index (χ0) is 20.3. The Morgan fingerprint density at radius 2 is 1.75 bits per heavy atom. The number of benzene rings is 2. The molecule has 0 saturated carbocycles. The van der Waals surface area contributed by atoms with Crippen molar-refractivity contribution >= 4 is 35.2 Å². The lowest BCUT2D eigenvalue weighted by atomic mass is 10.0. The Labute approximate surface area is 168 Å². The van der Waals surface area contributed by atoms with E-state index in [9.17, 15) is 9.59 Å². The molecule has 0 aromatic heterocycles. The summed E-state index contributed by atoms with van der Waals surface area (Å²) >= 11 is 5.93. The molecule has 1 heterocycles. The first-order valence-corrected chi connectivity index (χ1v) is 9.18. The van der Waals surface area contributed by atoms with E-state index in [0.29, 0.717) is 28.8 Å². The molecule has 0 aliphatic carbocycles.